The number of hydrogen-bond donors (Lipinski definition) is 1. The second kappa shape index (κ2) is 8.30. The normalized spacial score (nSPS) is 24.4. The largest absolute Gasteiger partial charge is 0.391 e. The summed E-state index contributed by atoms with van der Waals surface area (Å²) in [6.07, 6.45) is 6.97. The Kier molecular flexibility index (Phi) is 5.76. The number of rotatable bonds is 4. The molecule has 2 saturated heterocycles. The van der Waals surface area contributed by atoms with Gasteiger partial charge in [0.1, 0.15) is 0 Å². The molecule has 2 amide bonds. The van der Waals surface area contributed by atoms with Crippen molar-refractivity contribution in [2.24, 2.45) is 11.3 Å². The van der Waals surface area contributed by atoms with Crippen LogP contribution in [0.5, 0.6) is 0 Å². The summed E-state index contributed by atoms with van der Waals surface area (Å²) < 4.78 is 1.56. The SMILES string of the molecule is O=C(CCn1ccccc1=O)N1CCC2(CC1)CC(O)CN(C(=O)C1CCC1)C2. The van der Waals surface area contributed by atoms with E-state index in [1.54, 1.807) is 22.9 Å². The van der Waals surface area contributed by atoms with Gasteiger partial charge < -0.3 is 19.5 Å². The average Bonchev–Trinajstić information content (AvgIpc) is 2.66. The predicted molar refractivity (Wildman–Crippen MR) is 108 cm³/mol. The molecule has 3 heterocycles. The summed E-state index contributed by atoms with van der Waals surface area (Å²) in [5.41, 5.74) is -0.171. The van der Waals surface area contributed by atoms with Crippen LogP contribution in [0.4, 0.5) is 0 Å². The third-order valence-electron chi connectivity index (χ3n) is 7.03. The van der Waals surface area contributed by atoms with E-state index in [0.29, 0.717) is 45.6 Å². The highest BCUT2D eigenvalue weighted by molar-refractivity contribution is 5.80. The number of carbonyl (C=O) groups excluding carboxylic acids is 2. The molecule has 0 aromatic carbocycles. The first-order valence-corrected chi connectivity index (χ1v) is 10.9. The van der Waals surface area contributed by atoms with E-state index in [0.717, 1.165) is 32.1 Å². The van der Waals surface area contributed by atoms with Crippen molar-refractivity contribution in [2.45, 2.75) is 57.6 Å². The molecular formula is C22H31N3O4. The number of likely N-dealkylation sites (tertiary alicyclic amines) is 2. The molecule has 1 spiro atoms. The first-order valence-electron chi connectivity index (χ1n) is 10.9. The van der Waals surface area contributed by atoms with Crippen molar-refractivity contribution in [3.8, 4) is 0 Å². The van der Waals surface area contributed by atoms with Gasteiger partial charge >= 0.3 is 0 Å². The molecular weight excluding hydrogens is 370 g/mol. The molecule has 1 saturated carbocycles. The molecule has 158 valence electrons. The van der Waals surface area contributed by atoms with Crippen LogP contribution in [0.1, 0.15) is 44.9 Å². The van der Waals surface area contributed by atoms with Crippen molar-refractivity contribution in [1.29, 1.82) is 0 Å². The van der Waals surface area contributed by atoms with Crippen LogP contribution in [0.15, 0.2) is 29.2 Å². The van der Waals surface area contributed by atoms with E-state index >= 15 is 0 Å². The predicted octanol–water partition coefficient (Wildman–Crippen LogP) is 1.24. The van der Waals surface area contributed by atoms with E-state index in [1.165, 1.54) is 6.07 Å². The highest BCUT2D eigenvalue weighted by Gasteiger charge is 2.44. The summed E-state index contributed by atoms with van der Waals surface area (Å²) in [4.78, 5) is 40.9. The summed E-state index contributed by atoms with van der Waals surface area (Å²) in [5.74, 6) is 0.427. The molecule has 3 aliphatic rings. The maximum atomic E-state index is 12.7. The van der Waals surface area contributed by atoms with Crippen LogP contribution in [0.2, 0.25) is 0 Å². The lowest BCUT2D eigenvalue weighted by atomic mass is 9.71. The number of pyridine rings is 1. The Morgan fingerprint density at radius 3 is 2.55 bits per heavy atom. The zero-order valence-electron chi connectivity index (χ0n) is 17.0. The topological polar surface area (TPSA) is 82.8 Å². The summed E-state index contributed by atoms with van der Waals surface area (Å²) in [6, 6.07) is 4.99. The van der Waals surface area contributed by atoms with Crippen LogP contribution in [0.25, 0.3) is 0 Å². The second-order valence-corrected chi connectivity index (χ2v) is 9.07. The Balaban J connectivity index is 1.31. The fourth-order valence-electron chi connectivity index (χ4n) is 5.05. The fourth-order valence-corrected chi connectivity index (χ4v) is 5.05. The Hall–Kier alpha value is -2.15. The number of hydrogen-bond acceptors (Lipinski definition) is 4. The van der Waals surface area contributed by atoms with E-state index in [9.17, 15) is 19.5 Å². The number of amides is 2. The van der Waals surface area contributed by atoms with Gasteiger partial charge in [-0.3, -0.25) is 14.4 Å². The van der Waals surface area contributed by atoms with Gasteiger partial charge in [0.25, 0.3) is 5.56 Å². The van der Waals surface area contributed by atoms with Crippen molar-refractivity contribution in [3.63, 3.8) is 0 Å². The minimum atomic E-state index is -0.472. The van der Waals surface area contributed by atoms with Gasteiger partial charge in [-0.2, -0.15) is 0 Å². The van der Waals surface area contributed by atoms with Crippen LogP contribution in [0.3, 0.4) is 0 Å². The molecule has 1 aliphatic carbocycles. The van der Waals surface area contributed by atoms with E-state index in [4.69, 9.17) is 0 Å². The van der Waals surface area contributed by atoms with Gasteiger partial charge in [-0.05, 0) is 43.6 Å². The highest BCUT2D eigenvalue weighted by atomic mass is 16.3. The molecule has 0 radical (unpaired) electrons. The molecule has 1 aromatic heterocycles. The lowest BCUT2D eigenvalue weighted by Crippen LogP contribution is -2.57. The van der Waals surface area contributed by atoms with E-state index < -0.39 is 6.10 Å². The molecule has 1 unspecified atom stereocenters. The number of aliphatic hydroxyl groups excluding tert-OH is 1. The van der Waals surface area contributed by atoms with E-state index in [1.807, 2.05) is 9.80 Å². The maximum absolute atomic E-state index is 12.7. The Bertz CT molecular complexity index is 808. The molecule has 7 heteroatoms. The highest BCUT2D eigenvalue weighted by Crippen LogP contribution is 2.41. The lowest BCUT2D eigenvalue weighted by molar-refractivity contribution is -0.149. The number of β-amino-alcohol motifs (C(OH)–C–C–N with tert-alkyl or cyclic N) is 1. The minimum Gasteiger partial charge on any atom is -0.391 e. The number of aryl methyl sites for hydroxylation is 1. The molecule has 0 bridgehead atoms. The zero-order valence-corrected chi connectivity index (χ0v) is 17.0. The second-order valence-electron chi connectivity index (χ2n) is 9.07. The Morgan fingerprint density at radius 2 is 1.90 bits per heavy atom. The van der Waals surface area contributed by atoms with Crippen LogP contribution >= 0.6 is 0 Å². The first-order chi connectivity index (χ1) is 14.0. The van der Waals surface area contributed by atoms with Gasteiger partial charge in [-0.15, -0.1) is 0 Å². The van der Waals surface area contributed by atoms with Gasteiger partial charge in [-0.25, -0.2) is 0 Å². The number of nitrogens with zero attached hydrogens (tertiary/aromatic N) is 3. The monoisotopic (exact) mass is 401 g/mol. The molecule has 29 heavy (non-hydrogen) atoms. The van der Waals surface area contributed by atoms with Gasteiger partial charge in [-0.1, -0.05) is 12.5 Å². The molecule has 1 atom stereocenters. The molecule has 1 aromatic rings. The smallest absolute Gasteiger partial charge is 0.250 e. The minimum absolute atomic E-state index is 0.0642. The molecule has 1 N–H and O–H groups in total. The summed E-state index contributed by atoms with van der Waals surface area (Å²) in [7, 11) is 0. The molecule has 7 nitrogen and oxygen atoms in total. The van der Waals surface area contributed by atoms with Crippen LogP contribution in [-0.4, -0.2) is 63.6 Å². The fraction of sp³-hybridized carbons (Fsp3) is 0.682. The quantitative estimate of drug-likeness (QED) is 0.823. The van der Waals surface area contributed by atoms with E-state index in [-0.39, 0.29) is 28.7 Å². The van der Waals surface area contributed by atoms with Gasteiger partial charge in [0.05, 0.1) is 6.10 Å². The number of carbonyl (C=O) groups is 2. The molecule has 2 aliphatic heterocycles. The summed E-state index contributed by atoms with van der Waals surface area (Å²) in [5, 5.41) is 10.4. The summed E-state index contributed by atoms with van der Waals surface area (Å²) >= 11 is 0. The standard InChI is InChI=1S/C22H31N3O4/c26-18-14-22(16-25(15-18)21(29)17-4-3-5-17)8-12-24(13-9-22)20(28)7-11-23-10-2-1-6-19(23)27/h1-2,6,10,17-18,26H,3-5,7-9,11-16H2. The van der Waals surface area contributed by atoms with Gasteiger partial charge in [0.2, 0.25) is 11.8 Å². The number of piperidine rings is 2. The molecule has 3 fully saturated rings. The van der Waals surface area contributed by atoms with Crippen molar-refractivity contribution in [3.05, 3.63) is 34.7 Å². The van der Waals surface area contributed by atoms with Crippen molar-refractivity contribution >= 4 is 11.8 Å². The summed E-state index contributed by atoms with van der Waals surface area (Å²) in [6.45, 7) is 2.86. The van der Waals surface area contributed by atoms with Crippen LogP contribution < -0.4 is 5.56 Å². The maximum Gasteiger partial charge on any atom is 0.250 e. The Morgan fingerprint density at radius 1 is 1.14 bits per heavy atom. The van der Waals surface area contributed by atoms with Crippen LogP contribution in [0, 0.1) is 11.3 Å². The third kappa shape index (κ3) is 4.39. The Labute approximate surface area is 171 Å². The average molecular weight is 402 g/mol. The zero-order chi connectivity index (χ0) is 20.4. The van der Waals surface area contributed by atoms with Gasteiger partial charge in [0, 0.05) is 57.3 Å². The number of aliphatic hydroxyl groups is 1. The van der Waals surface area contributed by atoms with Crippen molar-refractivity contribution < 1.29 is 14.7 Å². The van der Waals surface area contributed by atoms with E-state index in [2.05, 4.69) is 0 Å². The lowest BCUT2D eigenvalue weighted by Gasteiger charge is -2.50. The first kappa shape index (κ1) is 20.1. The molecule has 4 rings (SSSR count). The van der Waals surface area contributed by atoms with Crippen molar-refractivity contribution in [2.75, 3.05) is 26.2 Å². The third-order valence-corrected chi connectivity index (χ3v) is 7.03. The van der Waals surface area contributed by atoms with Crippen LogP contribution in [-0.2, 0) is 16.1 Å². The number of aromatic nitrogens is 1. The van der Waals surface area contributed by atoms with Gasteiger partial charge in [0.15, 0.2) is 0 Å². The van der Waals surface area contributed by atoms with Crippen molar-refractivity contribution in [1.82, 2.24) is 14.4 Å².